The van der Waals surface area contributed by atoms with E-state index in [4.69, 9.17) is 14.2 Å². The first-order valence-corrected chi connectivity index (χ1v) is 7.79. The summed E-state index contributed by atoms with van der Waals surface area (Å²) in [5.41, 5.74) is 0. The summed E-state index contributed by atoms with van der Waals surface area (Å²) < 4.78 is 16.1. The van der Waals surface area contributed by atoms with Crippen molar-refractivity contribution in [3.05, 3.63) is 18.2 Å². The highest BCUT2D eigenvalue weighted by molar-refractivity contribution is 5.74. The molecule has 0 spiro atoms. The number of fused-ring (bicyclic) bond motifs is 1. The van der Waals surface area contributed by atoms with Crippen LogP contribution in [0, 0.1) is 0 Å². The van der Waals surface area contributed by atoms with E-state index >= 15 is 0 Å². The van der Waals surface area contributed by atoms with Gasteiger partial charge in [0.05, 0.1) is 6.54 Å². The predicted octanol–water partition coefficient (Wildman–Crippen LogP) is 2.63. The zero-order valence-corrected chi connectivity index (χ0v) is 13.3. The van der Waals surface area contributed by atoms with E-state index in [1.54, 1.807) is 6.07 Å². The quantitative estimate of drug-likeness (QED) is 0.750. The van der Waals surface area contributed by atoms with E-state index in [0.29, 0.717) is 24.7 Å². The van der Waals surface area contributed by atoms with E-state index in [9.17, 15) is 4.79 Å². The monoisotopic (exact) mass is 308 g/mol. The average molecular weight is 308 g/mol. The van der Waals surface area contributed by atoms with E-state index in [0.717, 1.165) is 31.7 Å². The van der Waals surface area contributed by atoms with Crippen molar-refractivity contribution in [3.8, 4) is 17.2 Å². The van der Waals surface area contributed by atoms with Crippen LogP contribution in [-0.4, -0.2) is 44.0 Å². The molecule has 122 valence electrons. The number of hydrogen-bond acceptors (Lipinski definition) is 4. The van der Waals surface area contributed by atoms with E-state index in [1.165, 1.54) is 0 Å². The summed E-state index contributed by atoms with van der Waals surface area (Å²) in [6, 6.07) is 5.42. The highest BCUT2D eigenvalue weighted by atomic mass is 16.7. The Morgan fingerprint density at radius 2 is 1.95 bits per heavy atom. The summed E-state index contributed by atoms with van der Waals surface area (Å²) >= 11 is 0. The van der Waals surface area contributed by atoms with Gasteiger partial charge in [-0.3, -0.25) is 0 Å². The molecule has 1 aromatic rings. The zero-order valence-electron chi connectivity index (χ0n) is 13.3. The van der Waals surface area contributed by atoms with Gasteiger partial charge in [-0.15, -0.1) is 0 Å². The Hall–Kier alpha value is -2.11. The normalized spacial score (nSPS) is 12.1. The van der Waals surface area contributed by atoms with Crippen LogP contribution < -0.4 is 19.5 Å². The van der Waals surface area contributed by atoms with Crippen LogP contribution in [0.15, 0.2) is 18.2 Å². The number of nitrogens with one attached hydrogen (secondary N) is 1. The second-order valence-corrected chi connectivity index (χ2v) is 5.08. The van der Waals surface area contributed by atoms with Gasteiger partial charge in [0.2, 0.25) is 6.79 Å². The fourth-order valence-electron chi connectivity index (χ4n) is 2.26. The molecule has 1 heterocycles. The van der Waals surface area contributed by atoms with Gasteiger partial charge in [-0.05, 0) is 25.0 Å². The van der Waals surface area contributed by atoms with Gasteiger partial charge in [-0.2, -0.15) is 0 Å². The molecule has 1 aliphatic heterocycles. The lowest BCUT2D eigenvalue weighted by molar-refractivity contribution is 0.173. The Morgan fingerprint density at radius 3 is 2.68 bits per heavy atom. The molecule has 1 aliphatic rings. The summed E-state index contributed by atoms with van der Waals surface area (Å²) in [4.78, 5) is 13.8. The van der Waals surface area contributed by atoms with Crippen molar-refractivity contribution in [2.24, 2.45) is 0 Å². The second kappa shape index (κ2) is 8.36. The van der Waals surface area contributed by atoms with Crippen LogP contribution >= 0.6 is 0 Å². The highest BCUT2D eigenvalue weighted by Gasteiger charge is 2.14. The van der Waals surface area contributed by atoms with Gasteiger partial charge >= 0.3 is 6.03 Å². The molecule has 1 aromatic carbocycles. The number of ether oxygens (including phenoxy) is 3. The minimum Gasteiger partial charge on any atom is -0.492 e. The van der Waals surface area contributed by atoms with Crippen LogP contribution in [0.25, 0.3) is 0 Å². The van der Waals surface area contributed by atoms with Crippen molar-refractivity contribution in [1.29, 1.82) is 0 Å². The standard InChI is InChI=1S/C16H24N2O4/c1-3-8-18(9-4-2)16(19)17-7-10-20-13-5-6-14-15(11-13)22-12-21-14/h5-6,11H,3-4,7-10,12H2,1-2H3,(H,17,19). The van der Waals surface area contributed by atoms with E-state index in [-0.39, 0.29) is 12.8 Å². The van der Waals surface area contributed by atoms with Crippen LogP contribution in [0.2, 0.25) is 0 Å². The Kier molecular flexibility index (Phi) is 6.18. The fourth-order valence-corrected chi connectivity index (χ4v) is 2.26. The van der Waals surface area contributed by atoms with Gasteiger partial charge in [-0.1, -0.05) is 13.8 Å². The third kappa shape index (κ3) is 4.44. The molecule has 2 amide bonds. The molecule has 0 saturated heterocycles. The first-order chi connectivity index (χ1) is 10.7. The number of carbonyl (C=O) groups excluding carboxylic acids is 1. The Morgan fingerprint density at radius 1 is 1.23 bits per heavy atom. The zero-order chi connectivity index (χ0) is 15.8. The summed E-state index contributed by atoms with van der Waals surface area (Å²) in [5, 5.41) is 2.88. The average Bonchev–Trinajstić information content (AvgIpc) is 2.98. The molecular weight excluding hydrogens is 284 g/mol. The van der Waals surface area contributed by atoms with Gasteiger partial charge in [0.15, 0.2) is 11.5 Å². The predicted molar refractivity (Wildman–Crippen MR) is 83.6 cm³/mol. The molecule has 0 atom stereocenters. The molecule has 1 N–H and O–H groups in total. The molecule has 6 heteroatoms. The van der Waals surface area contributed by atoms with Crippen LogP contribution in [0.4, 0.5) is 4.79 Å². The lowest BCUT2D eigenvalue weighted by Crippen LogP contribution is -2.42. The highest BCUT2D eigenvalue weighted by Crippen LogP contribution is 2.34. The number of rotatable bonds is 8. The van der Waals surface area contributed by atoms with Gasteiger partial charge < -0.3 is 24.4 Å². The molecule has 0 saturated carbocycles. The lowest BCUT2D eigenvalue weighted by atomic mass is 10.3. The SMILES string of the molecule is CCCN(CCC)C(=O)NCCOc1ccc2c(c1)OCO2. The van der Waals surface area contributed by atoms with Crippen molar-refractivity contribution >= 4 is 6.03 Å². The molecular formula is C16H24N2O4. The number of amides is 2. The molecule has 0 aromatic heterocycles. The van der Waals surface area contributed by atoms with Crippen molar-refractivity contribution in [3.63, 3.8) is 0 Å². The summed E-state index contributed by atoms with van der Waals surface area (Å²) in [6.07, 6.45) is 1.92. The van der Waals surface area contributed by atoms with Crippen LogP contribution in [0.1, 0.15) is 26.7 Å². The van der Waals surface area contributed by atoms with Crippen molar-refractivity contribution in [2.45, 2.75) is 26.7 Å². The number of urea groups is 1. The maximum atomic E-state index is 12.0. The number of hydrogen-bond donors (Lipinski definition) is 1. The van der Waals surface area contributed by atoms with E-state index in [2.05, 4.69) is 19.2 Å². The van der Waals surface area contributed by atoms with Crippen LogP contribution in [0.5, 0.6) is 17.2 Å². The maximum Gasteiger partial charge on any atom is 0.317 e. The lowest BCUT2D eigenvalue weighted by Gasteiger charge is -2.21. The summed E-state index contributed by atoms with van der Waals surface area (Å²) in [7, 11) is 0. The molecule has 0 aliphatic carbocycles. The minimum absolute atomic E-state index is 0.0296. The Bertz CT molecular complexity index is 487. The molecule has 6 nitrogen and oxygen atoms in total. The molecule has 0 bridgehead atoms. The third-order valence-corrected chi connectivity index (χ3v) is 3.27. The molecule has 0 radical (unpaired) electrons. The van der Waals surface area contributed by atoms with Crippen molar-refractivity contribution in [2.75, 3.05) is 33.0 Å². The third-order valence-electron chi connectivity index (χ3n) is 3.27. The molecule has 0 fully saturated rings. The second-order valence-electron chi connectivity index (χ2n) is 5.08. The first kappa shape index (κ1) is 16.3. The molecule has 2 rings (SSSR count). The largest absolute Gasteiger partial charge is 0.492 e. The van der Waals surface area contributed by atoms with E-state index in [1.807, 2.05) is 17.0 Å². The van der Waals surface area contributed by atoms with Crippen LogP contribution in [0.3, 0.4) is 0 Å². The van der Waals surface area contributed by atoms with Crippen molar-refractivity contribution in [1.82, 2.24) is 10.2 Å². The Labute approximate surface area is 131 Å². The van der Waals surface area contributed by atoms with Crippen molar-refractivity contribution < 1.29 is 19.0 Å². The van der Waals surface area contributed by atoms with Gasteiger partial charge in [-0.25, -0.2) is 4.79 Å². The maximum absolute atomic E-state index is 12.0. The van der Waals surface area contributed by atoms with Crippen LogP contribution in [-0.2, 0) is 0 Å². The minimum atomic E-state index is -0.0296. The smallest absolute Gasteiger partial charge is 0.317 e. The summed E-state index contributed by atoms with van der Waals surface area (Å²) in [5.74, 6) is 2.13. The fraction of sp³-hybridized carbons (Fsp3) is 0.562. The topological polar surface area (TPSA) is 60.0 Å². The molecule has 22 heavy (non-hydrogen) atoms. The number of carbonyl (C=O) groups is 1. The van der Waals surface area contributed by atoms with Gasteiger partial charge in [0.25, 0.3) is 0 Å². The number of nitrogens with zero attached hydrogens (tertiary/aromatic N) is 1. The summed E-state index contributed by atoms with van der Waals surface area (Å²) in [6.45, 7) is 6.83. The number of benzene rings is 1. The first-order valence-electron chi connectivity index (χ1n) is 7.79. The van der Waals surface area contributed by atoms with E-state index < -0.39 is 0 Å². The Balaban J connectivity index is 1.71. The molecule has 0 unspecified atom stereocenters. The van der Waals surface area contributed by atoms with Gasteiger partial charge in [0, 0.05) is 19.2 Å². The van der Waals surface area contributed by atoms with Gasteiger partial charge in [0.1, 0.15) is 12.4 Å².